The normalized spacial score (nSPS) is 15.7. The first-order valence-corrected chi connectivity index (χ1v) is 5.13. The number of nitrogens with zero attached hydrogens (tertiary/aromatic N) is 2. The van der Waals surface area contributed by atoms with Crippen LogP contribution in [-0.4, -0.2) is 28.9 Å². The average Bonchev–Trinajstić information content (AvgIpc) is 2.66. The summed E-state index contributed by atoms with van der Waals surface area (Å²) in [5, 5.41) is 0. The van der Waals surface area contributed by atoms with Crippen molar-refractivity contribution in [3.8, 4) is 0 Å². The van der Waals surface area contributed by atoms with Gasteiger partial charge in [0.05, 0.1) is 0 Å². The fourth-order valence-electron chi connectivity index (χ4n) is 1.76. The number of hydrogen-bond acceptors (Lipinski definition) is 2. The third-order valence-corrected chi connectivity index (χ3v) is 2.62. The molecule has 0 N–H and O–H groups in total. The molecule has 2 heterocycles. The standard InChI is InChI=1S/C12H14N2O/c1-10(11-4-2-6-13-8-11)9-14-7-3-5-12(14)15/h2,4,6,8H,1,3,5,7,9H2. The molecule has 1 amide bonds. The molecule has 0 unspecified atom stereocenters. The Kier molecular flexibility index (Phi) is 2.81. The van der Waals surface area contributed by atoms with E-state index in [9.17, 15) is 4.79 Å². The van der Waals surface area contributed by atoms with Gasteiger partial charge in [-0.2, -0.15) is 0 Å². The van der Waals surface area contributed by atoms with Gasteiger partial charge in [-0.3, -0.25) is 9.78 Å². The van der Waals surface area contributed by atoms with Crippen LogP contribution in [0.5, 0.6) is 0 Å². The topological polar surface area (TPSA) is 33.2 Å². The van der Waals surface area contributed by atoms with Gasteiger partial charge < -0.3 is 4.90 Å². The van der Waals surface area contributed by atoms with Gasteiger partial charge in [0.25, 0.3) is 0 Å². The van der Waals surface area contributed by atoms with E-state index in [2.05, 4.69) is 11.6 Å². The molecule has 15 heavy (non-hydrogen) atoms. The maximum absolute atomic E-state index is 11.4. The van der Waals surface area contributed by atoms with Crippen molar-refractivity contribution in [2.24, 2.45) is 0 Å². The van der Waals surface area contributed by atoms with Crippen LogP contribution in [0.25, 0.3) is 5.57 Å². The first kappa shape index (κ1) is 9.90. The fraction of sp³-hybridized carbons (Fsp3) is 0.333. The summed E-state index contributed by atoms with van der Waals surface area (Å²) in [5.41, 5.74) is 1.97. The third kappa shape index (κ3) is 2.24. The number of carbonyl (C=O) groups excluding carboxylic acids is 1. The Bertz CT molecular complexity index is 372. The number of hydrogen-bond donors (Lipinski definition) is 0. The van der Waals surface area contributed by atoms with Crippen LogP contribution in [-0.2, 0) is 4.79 Å². The quantitative estimate of drug-likeness (QED) is 0.747. The number of carbonyl (C=O) groups is 1. The molecule has 1 aromatic rings. The first-order chi connectivity index (χ1) is 7.27. The number of likely N-dealkylation sites (tertiary alicyclic amines) is 1. The largest absolute Gasteiger partial charge is 0.338 e. The van der Waals surface area contributed by atoms with Crippen LogP contribution in [0.15, 0.2) is 31.1 Å². The second kappa shape index (κ2) is 4.26. The number of rotatable bonds is 3. The highest BCUT2D eigenvalue weighted by molar-refractivity contribution is 5.80. The van der Waals surface area contributed by atoms with Crippen molar-refractivity contribution in [1.29, 1.82) is 0 Å². The maximum atomic E-state index is 11.4. The van der Waals surface area contributed by atoms with Crippen molar-refractivity contribution in [3.63, 3.8) is 0 Å². The summed E-state index contributed by atoms with van der Waals surface area (Å²) in [6.07, 6.45) is 5.17. The van der Waals surface area contributed by atoms with Gasteiger partial charge in [0.2, 0.25) is 5.91 Å². The highest BCUT2D eigenvalue weighted by Crippen LogP contribution is 2.16. The summed E-state index contributed by atoms with van der Waals surface area (Å²) in [5.74, 6) is 0.236. The van der Waals surface area contributed by atoms with Gasteiger partial charge in [0, 0.05) is 31.9 Å². The van der Waals surface area contributed by atoms with E-state index in [0.717, 1.165) is 24.1 Å². The Balaban J connectivity index is 2.01. The van der Waals surface area contributed by atoms with E-state index in [0.29, 0.717) is 13.0 Å². The highest BCUT2D eigenvalue weighted by Gasteiger charge is 2.20. The van der Waals surface area contributed by atoms with E-state index in [1.165, 1.54) is 0 Å². The van der Waals surface area contributed by atoms with Crippen LogP contribution >= 0.6 is 0 Å². The summed E-state index contributed by atoms with van der Waals surface area (Å²) in [6, 6.07) is 3.85. The Hall–Kier alpha value is -1.64. The van der Waals surface area contributed by atoms with E-state index < -0.39 is 0 Å². The SMILES string of the molecule is C=C(CN1CCCC1=O)c1cccnc1. The molecule has 3 nitrogen and oxygen atoms in total. The molecule has 3 heteroatoms. The molecular formula is C12H14N2O. The van der Waals surface area contributed by atoms with Crippen molar-refractivity contribution < 1.29 is 4.79 Å². The molecular weight excluding hydrogens is 188 g/mol. The summed E-state index contributed by atoms with van der Waals surface area (Å²) in [7, 11) is 0. The lowest BCUT2D eigenvalue weighted by molar-refractivity contribution is -0.127. The first-order valence-electron chi connectivity index (χ1n) is 5.13. The van der Waals surface area contributed by atoms with Crippen LogP contribution < -0.4 is 0 Å². The molecule has 0 saturated carbocycles. The smallest absolute Gasteiger partial charge is 0.222 e. The molecule has 1 saturated heterocycles. The minimum absolute atomic E-state index is 0.236. The predicted octanol–water partition coefficient (Wildman–Crippen LogP) is 1.72. The van der Waals surface area contributed by atoms with Gasteiger partial charge in [-0.1, -0.05) is 12.6 Å². The fourth-order valence-corrected chi connectivity index (χ4v) is 1.76. The van der Waals surface area contributed by atoms with Crippen molar-refractivity contribution in [2.75, 3.05) is 13.1 Å². The Labute approximate surface area is 89.4 Å². The van der Waals surface area contributed by atoms with Crippen LogP contribution in [0.1, 0.15) is 18.4 Å². The second-order valence-corrected chi connectivity index (χ2v) is 3.76. The van der Waals surface area contributed by atoms with Crippen LogP contribution in [0.3, 0.4) is 0 Å². The molecule has 0 aromatic carbocycles. The molecule has 78 valence electrons. The Morgan fingerprint density at radius 1 is 1.60 bits per heavy atom. The average molecular weight is 202 g/mol. The van der Waals surface area contributed by atoms with E-state index in [4.69, 9.17) is 0 Å². The lowest BCUT2D eigenvalue weighted by Gasteiger charge is -2.16. The van der Waals surface area contributed by atoms with Crippen LogP contribution in [0.2, 0.25) is 0 Å². The lowest BCUT2D eigenvalue weighted by atomic mass is 10.1. The van der Waals surface area contributed by atoms with Crippen molar-refractivity contribution >= 4 is 11.5 Å². The third-order valence-electron chi connectivity index (χ3n) is 2.62. The van der Waals surface area contributed by atoms with Crippen LogP contribution in [0.4, 0.5) is 0 Å². The minimum Gasteiger partial charge on any atom is -0.338 e. The van der Waals surface area contributed by atoms with Crippen molar-refractivity contribution in [1.82, 2.24) is 9.88 Å². The van der Waals surface area contributed by atoms with Gasteiger partial charge in [-0.25, -0.2) is 0 Å². The highest BCUT2D eigenvalue weighted by atomic mass is 16.2. The number of pyridine rings is 1. The Morgan fingerprint density at radius 3 is 3.07 bits per heavy atom. The van der Waals surface area contributed by atoms with Gasteiger partial charge in [0.15, 0.2) is 0 Å². The summed E-state index contributed by atoms with van der Waals surface area (Å²) < 4.78 is 0. The molecule has 1 fully saturated rings. The zero-order valence-electron chi connectivity index (χ0n) is 8.65. The van der Waals surface area contributed by atoms with Gasteiger partial charge in [0.1, 0.15) is 0 Å². The Morgan fingerprint density at radius 2 is 2.47 bits per heavy atom. The van der Waals surface area contributed by atoms with E-state index in [-0.39, 0.29) is 5.91 Å². The summed E-state index contributed by atoms with van der Waals surface area (Å²) in [4.78, 5) is 17.3. The molecule has 0 radical (unpaired) electrons. The summed E-state index contributed by atoms with van der Waals surface area (Å²) in [6.45, 7) is 5.48. The molecule has 0 spiro atoms. The maximum Gasteiger partial charge on any atom is 0.222 e. The number of aromatic nitrogens is 1. The van der Waals surface area contributed by atoms with Gasteiger partial charge in [-0.05, 0) is 23.6 Å². The molecule has 1 aromatic heterocycles. The van der Waals surface area contributed by atoms with Gasteiger partial charge in [-0.15, -0.1) is 0 Å². The molecule has 0 aliphatic carbocycles. The van der Waals surface area contributed by atoms with Crippen molar-refractivity contribution in [3.05, 3.63) is 36.7 Å². The molecule has 1 aliphatic rings. The number of amides is 1. The van der Waals surface area contributed by atoms with E-state index in [1.807, 2.05) is 17.0 Å². The van der Waals surface area contributed by atoms with E-state index in [1.54, 1.807) is 12.4 Å². The van der Waals surface area contributed by atoms with Crippen molar-refractivity contribution in [2.45, 2.75) is 12.8 Å². The second-order valence-electron chi connectivity index (χ2n) is 3.76. The van der Waals surface area contributed by atoms with E-state index >= 15 is 0 Å². The summed E-state index contributed by atoms with van der Waals surface area (Å²) >= 11 is 0. The van der Waals surface area contributed by atoms with Gasteiger partial charge >= 0.3 is 0 Å². The molecule has 2 rings (SSSR count). The zero-order valence-corrected chi connectivity index (χ0v) is 8.65. The minimum atomic E-state index is 0.236. The monoisotopic (exact) mass is 202 g/mol. The lowest BCUT2D eigenvalue weighted by Crippen LogP contribution is -2.26. The molecule has 0 bridgehead atoms. The molecule has 0 atom stereocenters. The zero-order chi connectivity index (χ0) is 10.7. The predicted molar refractivity (Wildman–Crippen MR) is 59.1 cm³/mol. The van der Waals surface area contributed by atoms with Crippen LogP contribution in [0, 0.1) is 0 Å². The molecule has 1 aliphatic heterocycles.